The van der Waals surface area contributed by atoms with Crippen LogP contribution >= 0.6 is 22.9 Å². The second-order valence-corrected chi connectivity index (χ2v) is 5.98. The highest BCUT2D eigenvalue weighted by Crippen LogP contribution is 2.33. The molecule has 0 aliphatic carbocycles. The van der Waals surface area contributed by atoms with E-state index in [9.17, 15) is 0 Å². The van der Waals surface area contributed by atoms with Gasteiger partial charge in [-0.05, 0) is 37.7 Å². The molecule has 0 aliphatic heterocycles. The molecule has 1 N–H and O–H groups in total. The summed E-state index contributed by atoms with van der Waals surface area (Å²) in [6.45, 7) is 6.21. The highest BCUT2D eigenvalue weighted by Gasteiger charge is 2.05. The van der Waals surface area contributed by atoms with Gasteiger partial charge in [0.2, 0.25) is 0 Å². The van der Waals surface area contributed by atoms with Gasteiger partial charge in [0.1, 0.15) is 0 Å². The largest absolute Gasteiger partial charge is 0.313 e. The fraction of sp³-hybridized carbons (Fsp3) is 0.250. The van der Waals surface area contributed by atoms with E-state index < -0.39 is 0 Å². The second-order valence-electron chi connectivity index (χ2n) is 4.45. The number of hydrogen-bond donors (Lipinski definition) is 1. The quantitative estimate of drug-likeness (QED) is 0.810. The standard InChI is InChI=1S/C16H18ClNS/c1-3-18-11-12(2)10-13-8-9-16(19-13)14-6-4-5-7-15(14)17/h4-10,18H,3,11H2,1-2H3. The van der Waals surface area contributed by atoms with Gasteiger partial charge in [0, 0.05) is 26.9 Å². The Bertz CT molecular complexity index is 572. The molecule has 0 radical (unpaired) electrons. The van der Waals surface area contributed by atoms with Crippen molar-refractivity contribution in [3.63, 3.8) is 0 Å². The van der Waals surface area contributed by atoms with Gasteiger partial charge in [0.05, 0.1) is 0 Å². The fourth-order valence-corrected chi connectivity index (χ4v) is 3.22. The Morgan fingerprint density at radius 2 is 2.05 bits per heavy atom. The smallest absolute Gasteiger partial charge is 0.0492 e. The van der Waals surface area contributed by atoms with E-state index in [-0.39, 0.29) is 0 Å². The zero-order valence-electron chi connectivity index (χ0n) is 11.2. The molecule has 100 valence electrons. The number of nitrogens with one attached hydrogen (secondary N) is 1. The van der Waals surface area contributed by atoms with Gasteiger partial charge < -0.3 is 5.32 Å². The van der Waals surface area contributed by atoms with Gasteiger partial charge in [-0.15, -0.1) is 11.3 Å². The van der Waals surface area contributed by atoms with Gasteiger partial charge in [-0.1, -0.05) is 42.3 Å². The topological polar surface area (TPSA) is 12.0 Å². The lowest BCUT2D eigenvalue weighted by Gasteiger charge is -2.01. The predicted octanol–water partition coefficient (Wildman–Crippen LogP) is 5.08. The Balaban J connectivity index is 2.18. The number of thiophene rings is 1. The molecular formula is C16H18ClNS. The molecular weight excluding hydrogens is 274 g/mol. The summed E-state index contributed by atoms with van der Waals surface area (Å²) in [6.07, 6.45) is 2.23. The molecule has 1 aromatic carbocycles. The first-order valence-corrected chi connectivity index (χ1v) is 7.62. The second kappa shape index (κ2) is 6.90. The van der Waals surface area contributed by atoms with Crippen LogP contribution in [-0.4, -0.2) is 13.1 Å². The van der Waals surface area contributed by atoms with Crippen molar-refractivity contribution in [2.45, 2.75) is 13.8 Å². The Hall–Kier alpha value is -1.09. The first-order valence-electron chi connectivity index (χ1n) is 6.43. The van der Waals surface area contributed by atoms with Crippen molar-refractivity contribution in [3.05, 3.63) is 51.9 Å². The summed E-state index contributed by atoms with van der Waals surface area (Å²) in [6, 6.07) is 12.3. The fourth-order valence-electron chi connectivity index (χ4n) is 1.85. The number of hydrogen-bond acceptors (Lipinski definition) is 2. The van der Waals surface area contributed by atoms with Crippen molar-refractivity contribution in [1.29, 1.82) is 0 Å². The molecule has 0 saturated heterocycles. The van der Waals surface area contributed by atoms with E-state index in [1.54, 1.807) is 11.3 Å². The molecule has 19 heavy (non-hydrogen) atoms. The third-order valence-corrected chi connectivity index (χ3v) is 4.20. The Morgan fingerprint density at radius 3 is 2.79 bits per heavy atom. The SMILES string of the molecule is CCNCC(C)=Cc1ccc(-c2ccccc2Cl)s1. The van der Waals surface area contributed by atoms with Crippen LogP contribution in [0, 0.1) is 0 Å². The zero-order chi connectivity index (χ0) is 13.7. The summed E-state index contributed by atoms with van der Waals surface area (Å²) < 4.78 is 0. The Labute approximate surface area is 123 Å². The highest BCUT2D eigenvalue weighted by atomic mass is 35.5. The normalized spacial score (nSPS) is 11.8. The summed E-state index contributed by atoms with van der Waals surface area (Å²) in [5.74, 6) is 0. The minimum absolute atomic E-state index is 0.809. The molecule has 0 spiro atoms. The number of likely N-dealkylation sites (N-methyl/N-ethyl adjacent to an activating group) is 1. The van der Waals surface area contributed by atoms with E-state index in [2.05, 4.69) is 43.4 Å². The van der Waals surface area contributed by atoms with Crippen LogP contribution < -0.4 is 5.32 Å². The monoisotopic (exact) mass is 291 g/mol. The maximum Gasteiger partial charge on any atom is 0.0492 e. The van der Waals surface area contributed by atoms with Gasteiger partial charge in [0.25, 0.3) is 0 Å². The average molecular weight is 292 g/mol. The van der Waals surface area contributed by atoms with Crippen LogP contribution in [0.3, 0.4) is 0 Å². The van der Waals surface area contributed by atoms with E-state index >= 15 is 0 Å². The lowest BCUT2D eigenvalue weighted by molar-refractivity contribution is 0.779. The summed E-state index contributed by atoms with van der Waals surface area (Å²) in [7, 11) is 0. The third kappa shape index (κ3) is 3.93. The molecule has 1 nitrogen and oxygen atoms in total. The highest BCUT2D eigenvalue weighted by molar-refractivity contribution is 7.16. The maximum absolute atomic E-state index is 6.22. The van der Waals surface area contributed by atoms with E-state index in [1.807, 2.05) is 18.2 Å². The molecule has 1 aromatic heterocycles. The predicted molar refractivity (Wildman–Crippen MR) is 87.0 cm³/mol. The first-order chi connectivity index (χ1) is 9.20. The summed E-state index contributed by atoms with van der Waals surface area (Å²) in [4.78, 5) is 2.48. The van der Waals surface area contributed by atoms with Crippen LogP contribution in [0.1, 0.15) is 18.7 Å². The Kier molecular flexibility index (Phi) is 5.20. The average Bonchev–Trinajstić information content (AvgIpc) is 2.85. The molecule has 0 unspecified atom stereocenters. The van der Waals surface area contributed by atoms with Gasteiger partial charge in [0.15, 0.2) is 0 Å². The summed E-state index contributed by atoms with van der Waals surface area (Å²) >= 11 is 8.00. The van der Waals surface area contributed by atoms with Gasteiger partial charge in [-0.3, -0.25) is 0 Å². The van der Waals surface area contributed by atoms with E-state index in [1.165, 1.54) is 15.3 Å². The molecule has 3 heteroatoms. The van der Waals surface area contributed by atoms with E-state index in [0.29, 0.717) is 0 Å². The molecule has 0 amide bonds. The van der Waals surface area contributed by atoms with Crippen LogP contribution in [0.15, 0.2) is 42.0 Å². The molecule has 2 rings (SSSR count). The summed E-state index contributed by atoms with van der Waals surface area (Å²) in [5.41, 5.74) is 2.45. The van der Waals surface area contributed by atoms with Gasteiger partial charge >= 0.3 is 0 Å². The van der Waals surface area contributed by atoms with Crippen molar-refractivity contribution in [2.24, 2.45) is 0 Å². The van der Waals surface area contributed by atoms with Gasteiger partial charge in [-0.25, -0.2) is 0 Å². The third-order valence-electron chi connectivity index (χ3n) is 2.81. The number of benzene rings is 1. The van der Waals surface area contributed by atoms with Crippen LogP contribution in [0.5, 0.6) is 0 Å². The van der Waals surface area contributed by atoms with Gasteiger partial charge in [-0.2, -0.15) is 0 Å². The maximum atomic E-state index is 6.22. The minimum Gasteiger partial charge on any atom is -0.313 e. The van der Waals surface area contributed by atoms with Crippen LogP contribution in [0.4, 0.5) is 0 Å². The molecule has 2 aromatic rings. The number of halogens is 1. The molecule has 1 heterocycles. The van der Waals surface area contributed by atoms with Crippen LogP contribution in [0.2, 0.25) is 5.02 Å². The molecule has 0 fully saturated rings. The van der Waals surface area contributed by atoms with Crippen molar-refractivity contribution in [3.8, 4) is 10.4 Å². The lowest BCUT2D eigenvalue weighted by Crippen LogP contribution is -2.14. The van der Waals surface area contributed by atoms with Crippen molar-refractivity contribution in [1.82, 2.24) is 5.32 Å². The van der Waals surface area contributed by atoms with E-state index in [4.69, 9.17) is 11.6 Å². The first kappa shape index (κ1) is 14.3. The van der Waals surface area contributed by atoms with Crippen molar-refractivity contribution >= 4 is 29.0 Å². The zero-order valence-corrected chi connectivity index (χ0v) is 12.8. The summed E-state index contributed by atoms with van der Waals surface area (Å²) in [5, 5.41) is 4.14. The lowest BCUT2D eigenvalue weighted by atomic mass is 10.2. The van der Waals surface area contributed by atoms with Crippen LogP contribution in [0.25, 0.3) is 16.5 Å². The van der Waals surface area contributed by atoms with Crippen LogP contribution in [-0.2, 0) is 0 Å². The number of rotatable bonds is 5. The van der Waals surface area contributed by atoms with Crippen molar-refractivity contribution < 1.29 is 0 Å². The molecule has 0 aliphatic rings. The van der Waals surface area contributed by atoms with Crippen molar-refractivity contribution in [2.75, 3.05) is 13.1 Å². The minimum atomic E-state index is 0.809. The molecule has 0 saturated carbocycles. The van der Waals surface area contributed by atoms with E-state index in [0.717, 1.165) is 23.7 Å². The molecule has 0 atom stereocenters. The Morgan fingerprint density at radius 1 is 1.26 bits per heavy atom. The molecule has 0 bridgehead atoms.